The maximum atomic E-state index is 13.0. The third-order valence-electron chi connectivity index (χ3n) is 5.36. The number of piperidine rings is 1. The van der Waals surface area contributed by atoms with Gasteiger partial charge in [0.05, 0.1) is 29.7 Å². The number of carbonyl (C=O) groups excluding carboxylic acids is 2. The van der Waals surface area contributed by atoms with Gasteiger partial charge in [-0.3, -0.25) is 19.7 Å². The first-order chi connectivity index (χ1) is 13.0. The molecule has 2 aliphatic rings. The van der Waals surface area contributed by atoms with Crippen LogP contribution >= 0.6 is 0 Å². The molecule has 1 aromatic rings. The van der Waals surface area contributed by atoms with E-state index in [0.717, 1.165) is 12.8 Å². The molecule has 2 heterocycles. The number of nitro groups is 1. The number of likely N-dealkylation sites (tertiary alicyclic amines) is 2. The molecular formula is C18H23N3O6. The largest absolute Gasteiger partial charge is 0.496 e. The summed E-state index contributed by atoms with van der Waals surface area (Å²) >= 11 is 0. The van der Waals surface area contributed by atoms with Crippen LogP contribution in [-0.4, -0.2) is 73.0 Å². The third kappa shape index (κ3) is 3.73. The lowest BCUT2D eigenvalue weighted by Gasteiger charge is -2.38. The molecule has 27 heavy (non-hydrogen) atoms. The predicted molar refractivity (Wildman–Crippen MR) is 95.7 cm³/mol. The Morgan fingerprint density at radius 3 is 2.67 bits per heavy atom. The molecule has 9 nitrogen and oxygen atoms in total. The highest BCUT2D eigenvalue weighted by Gasteiger charge is 2.41. The van der Waals surface area contributed by atoms with Gasteiger partial charge in [0, 0.05) is 32.8 Å². The number of hydrogen-bond acceptors (Lipinski definition) is 6. The molecule has 0 bridgehead atoms. The Balaban J connectivity index is 1.78. The topological polar surface area (TPSA) is 102 Å². The van der Waals surface area contributed by atoms with Gasteiger partial charge in [0.25, 0.3) is 11.6 Å². The lowest BCUT2D eigenvalue weighted by atomic mass is 9.91. The first kappa shape index (κ1) is 19.1. The molecule has 3 rings (SSSR count). The summed E-state index contributed by atoms with van der Waals surface area (Å²) in [6.07, 6.45) is 1.76. The van der Waals surface area contributed by atoms with Crippen LogP contribution in [0.2, 0.25) is 0 Å². The second-order valence-corrected chi connectivity index (χ2v) is 6.82. The van der Waals surface area contributed by atoms with Crippen LogP contribution in [0.3, 0.4) is 0 Å². The molecule has 2 atom stereocenters. The summed E-state index contributed by atoms with van der Waals surface area (Å²) in [5.41, 5.74) is 0.156. The molecule has 2 saturated heterocycles. The van der Waals surface area contributed by atoms with E-state index in [-0.39, 0.29) is 41.5 Å². The summed E-state index contributed by atoms with van der Waals surface area (Å²) in [4.78, 5) is 39.2. The molecule has 0 N–H and O–H groups in total. The summed E-state index contributed by atoms with van der Waals surface area (Å²) in [6, 6.07) is 3.96. The summed E-state index contributed by atoms with van der Waals surface area (Å²) in [6.45, 7) is 1.75. The number of ether oxygens (including phenoxy) is 2. The van der Waals surface area contributed by atoms with E-state index in [9.17, 15) is 19.7 Å². The number of methoxy groups -OCH3 is 2. The zero-order chi connectivity index (χ0) is 19.6. The van der Waals surface area contributed by atoms with Crippen LogP contribution in [0.25, 0.3) is 0 Å². The molecule has 146 valence electrons. The van der Waals surface area contributed by atoms with E-state index < -0.39 is 4.92 Å². The molecule has 0 aliphatic carbocycles. The van der Waals surface area contributed by atoms with Crippen LogP contribution < -0.4 is 4.74 Å². The highest BCUT2D eigenvalue weighted by Crippen LogP contribution is 2.33. The summed E-state index contributed by atoms with van der Waals surface area (Å²) < 4.78 is 10.1. The Morgan fingerprint density at radius 2 is 2.00 bits per heavy atom. The second kappa shape index (κ2) is 7.91. The normalized spacial score (nSPS) is 21.7. The van der Waals surface area contributed by atoms with Crippen molar-refractivity contribution in [1.29, 1.82) is 0 Å². The minimum atomic E-state index is -0.528. The van der Waals surface area contributed by atoms with E-state index in [1.54, 1.807) is 9.80 Å². The number of fused-ring (bicyclic) bond motifs is 1. The van der Waals surface area contributed by atoms with Crippen molar-refractivity contribution in [2.75, 3.05) is 40.5 Å². The molecule has 0 radical (unpaired) electrons. The first-order valence-electron chi connectivity index (χ1n) is 8.86. The van der Waals surface area contributed by atoms with Crippen LogP contribution in [0, 0.1) is 16.0 Å². The monoisotopic (exact) mass is 377 g/mol. The Morgan fingerprint density at radius 1 is 1.26 bits per heavy atom. The maximum Gasteiger partial charge on any atom is 0.273 e. The SMILES string of the molecule is COCC(=O)N1CCC2CCN(C(=O)c3ccc([N+](=O)[O-])cc3OC)CC21. The number of benzene rings is 1. The van der Waals surface area contributed by atoms with E-state index in [4.69, 9.17) is 9.47 Å². The average molecular weight is 377 g/mol. The molecular weight excluding hydrogens is 354 g/mol. The highest BCUT2D eigenvalue weighted by atomic mass is 16.6. The first-order valence-corrected chi connectivity index (χ1v) is 8.86. The Labute approximate surface area is 157 Å². The fourth-order valence-electron chi connectivity index (χ4n) is 3.98. The van der Waals surface area contributed by atoms with Crippen molar-refractivity contribution in [3.8, 4) is 5.75 Å². The van der Waals surface area contributed by atoms with Crippen molar-refractivity contribution in [3.05, 3.63) is 33.9 Å². The molecule has 2 aliphatic heterocycles. The number of amides is 2. The number of nitro benzene ring substituents is 1. The van der Waals surface area contributed by atoms with Gasteiger partial charge in [-0.15, -0.1) is 0 Å². The molecule has 2 unspecified atom stereocenters. The van der Waals surface area contributed by atoms with Crippen molar-refractivity contribution in [2.24, 2.45) is 5.92 Å². The molecule has 1 aromatic carbocycles. The minimum Gasteiger partial charge on any atom is -0.496 e. The van der Waals surface area contributed by atoms with Crippen molar-refractivity contribution < 1.29 is 24.0 Å². The molecule has 2 amide bonds. The van der Waals surface area contributed by atoms with E-state index >= 15 is 0 Å². The van der Waals surface area contributed by atoms with Crippen LogP contribution in [-0.2, 0) is 9.53 Å². The van der Waals surface area contributed by atoms with Crippen molar-refractivity contribution in [1.82, 2.24) is 9.80 Å². The van der Waals surface area contributed by atoms with Gasteiger partial charge in [0.1, 0.15) is 12.4 Å². The fraction of sp³-hybridized carbons (Fsp3) is 0.556. The van der Waals surface area contributed by atoms with Crippen molar-refractivity contribution >= 4 is 17.5 Å². The summed E-state index contributed by atoms with van der Waals surface area (Å²) in [5.74, 6) is 0.252. The predicted octanol–water partition coefficient (Wildman–Crippen LogP) is 1.31. The third-order valence-corrected chi connectivity index (χ3v) is 5.36. The van der Waals surface area contributed by atoms with Gasteiger partial charge in [0.15, 0.2) is 0 Å². The minimum absolute atomic E-state index is 0.0191. The summed E-state index contributed by atoms with van der Waals surface area (Å²) in [7, 11) is 2.87. The second-order valence-electron chi connectivity index (χ2n) is 6.82. The van der Waals surface area contributed by atoms with Gasteiger partial charge >= 0.3 is 0 Å². The van der Waals surface area contributed by atoms with Gasteiger partial charge in [0.2, 0.25) is 5.91 Å². The Bertz CT molecular complexity index is 753. The zero-order valence-corrected chi connectivity index (χ0v) is 15.4. The van der Waals surface area contributed by atoms with Crippen LogP contribution in [0.1, 0.15) is 23.2 Å². The molecule has 0 spiro atoms. The quantitative estimate of drug-likeness (QED) is 0.566. The molecule has 9 heteroatoms. The number of nitrogens with zero attached hydrogens (tertiary/aromatic N) is 3. The maximum absolute atomic E-state index is 13.0. The Kier molecular flexibility index (Phi) is 5.59. The van der Waals surface area contributed by atoms with Gasteiger partial charge in [-0.25, -0.2) is 0 Å². The average Bonchev–Trinajstić information content (AvgIpc) is 3.10. The number of carbonyl (C=O) groups is 2. The number of rotatable bonds is 5. The van der Waals surface area contributed by atoms with E-state index in [2.05, 4.69) is 0 Å². The lowest BCUT2D eigenvalue weighted by Crippen LogP contribution is -2.52. The van der Waals surface area contributed by atoms with Crippen LogP contribution in [0.5, 0.6) is 5.75 Å². The van der Waals surface area contributed by atoms with E-state index in [1.807, 2.05) is 0 Å². The zero-order valence-electron chi connectivity index (χ0n) is 15.4. The van der Waals surface area contributed by atoms with Gasteiger partial charge in [-0.1, -0.05) is 0 Å². The van der Waals surface area contributed by atoms with Gasteiger partial charge in [-0.05, 0) is 24.8 Å². The standard InChI is InChI=1S/C18H23N3O6/c1-26-11-17(22)20-8-6-12-5-7-19(10-15(12)20)18(23)14-4-3-13(21(24)25)9-16(14)27-2/h3-4,9,12,15H,5-8,10-11H2,1-2H3. The fourth-order valence-corrected chi connectivity index (χ4v) is 3.98. The van der Waals surface area contributed by atoms with Crippen molar-refractivity contribution in [3.63, 3.8) is 0 Å². The molecule has 0 saturated carbocycles. The lowest BCUT2D eigenvalue weighted by molar-refractivity contribution is -0.384. The van der Waals surface area contributed by atoms with Gasteiger partial charge in [-0.2, -0.15) is 0 Å². The van der Waals surface area contributed by atoms with E-state index in [1.165, 1.54) is 32.4 Å². The van der Waals surface area contributed by atoms with Crippen molar-refractivity contribution in [2.45, 2.75) is 18.9 Å². The molecule has 0 aromatic heterocycles. The van der Waals surface area contributed by atoms with E-state index in [0.29, 0.717) is 25.6 Å². The number of hydrogen-bond donors (Lipinski definition) is 0. The smallest absolute Gasteiger partial charge is 0.273 e. The highest BCUT2D eigenvalue weighted by molar-refractivity contribution is 5.97. The summed E-state index contributed by atoms with van der Waals surface area (Å²) in [5, 5.41) is 10.9. The Hall–Kier alpha value is -2.68. The van der Waals surface area contributed by atoms with Gasteiger partial charge < -0.3 is 19.3 Å². The van der Waals surface area contributed by atoms with Crippen LogP contribution in [0.4, 0.5) is 5.69 Å². The number of non-ortho nitro benzene ring substituents is 1. The molecule has 2 fully saturated rings. The van der Waals surface area contributed by atoms with Crippen LogP contribution in [0.15, 0.2) is 18.2 Å².